The van der Waals surface area contributed by atoms with Crippen molar-refractivity contribution in [2.75, 3.05) is 32.1 Å². The summed E-state index contributed by atoms with van der Waals surface area (Å²) in [6, 6.07) is 5.99. The zero-order chi connectivity index (χ0) is 20.9. The van der Waals surface area contributed by atoms with Gasteiger partial charge in [-0.25, -0.2) is 9.97 Å². The summed E-state index contributed by atoms with van der Waals surface area (Å²) < 4.78 is 0. The minimum Gasteiger partial charge on any atom is -0.363 e. The van der Waals surface area contributed by atoms with E-state index < -0.39 is 0 Å². The summed E-state index contributed by atoms with van der Waals surface area (Å²) in [5.74, 6) is 2.77. The Labute approximate surface area is 179 Å². The summed E-state index contributed by atoms with van der Waals surface area (Å²) in [6.07, 6.45) is 12.7. The summed E-state index contributed by atoms with van der Waals surface area (Å²) in [6.45, 7) is 1.64. The van der Waals surface area contributed by atoms with Gasteiger partial charge in [-0.3, -0.25) is 9.78 Å². The maximum Gasteiger partial charge on any atom is 0.222 e. The summed E-state index contributed by atoms with van der Waals surface area (Å²) in [4.78, 5) is 30.9. The topological polar surface area (TPSA) is 62.2 Å². The van der Waals surface area contributed by atoms with Crippen molar-refractivity contribution in [3.8, 4) is 11.4 Å². The van der Waals surface area contributed by atoms with Crippen LogP contribution in [0, 0.1) is 5.92 Å². The Morgan fingerprint density at radius 2 is 1.97 bits per heavy atom. The molecule has 1 atom stereocenters. The lowest BCUT2D eigenvalue weighted by Crippen LogP contribution is -2.40. The zero-order valence-corrected chi connectivity index (χ0v) is 18.3. The molecule has 0 bridgehead atoms. The van der Waals surface area contributed by atoms with Crippen LogP contribution < -0.4 is 4.90 Å². The fraction of sp³-hybridized carbons (Fsp3) is 0.583. The number of pyridine rings is 1. The SMILES string of the molecule is CN(C)c1cc([C@H]2CCCN(C(=O)CC3CCCCC3)C2)nc(-c2cccnc2)n1. The van der Waals surface area contributed by atoms with Crippen molar-refractivity contribution in [3.63, 3.8) is 0 Å². The quantitative estimate of drug-likeness (QED) is 0.740. The predicted molar refractivity (Wildman–Crippen MR) is 119 cm³/mol. The van der Waals surface area contributed by atoms with Gasteiger partial charge in [0.25, 0.3) is 0 Å². The van der Waals surface area contributed by atoms with Crippen LogP contribution in [0.4, 0.5) is 5.82 Å². The summed E-state index contributed by atoms with van der Waals surface area (Å²) >= 11 is 0. The second kappa shape index (κ2) is 9.54. The molecule has 0 unspecified atom stereocenters. The Kier molecular flexibility index (Phi) is 6.60. The van der Waals surface area contributed by atoms with E-state index in [9.17, 15) is 4.79 Å². The van der Waals surface area contributed by atoms with E-state index in [1.54, 1.807) is 12.4 Å². The van der Waals surface area contributed by atoms with Crippen LogP contribution in [-0.2, 0) is 4.79 Å². The molecule has 1 saturated heterocycles. The number of piperidine rings is 1. The molecule has 1 amide bonds. The third-order valence-corrected chi connectivity index (χ3v) is 6.49. The number of carbonyl (C=O) groups excluding carboxylic acids is 1. The number of hydrogen-bond acceptors (Lipinski definition) is 5. The molecule has 1 aliphatic heterocycles. The third-order valence-electron chi connectivity index (χ3n) is 6.49. The second-order valence-corrected chi connectivity index (χ2v) is 9.00. The van der Waals surface area contributed by atoms with E-state index in [0.29, 0.717) is 17.6 Å². The first kappa shape index (κ1) is 20.8. The summed E-state index contributed by atoms with van der Waals surface area (Å²) in [5.41, 5.74) is 1.95. The number of anilines is 1. The van der Waals surface area contributed by atoms with Crippen molar-refractivity contribution in [1.29, 1.82) is 0 Å². The monoisotopic (exact) mass is 407 g/mol. The summed E-state index contributed by atoms with van der Waals surface area (Å²) in [7, 11) is 4.00. The van der Waals surface area contributed by atoms with Crippen LogP contribution in [0.15, 0.2) is 30.6 Å². The van der Waals surface area contributed by atoms with Gasteiger partial charge in [-0.05, 0) is 43.7 Å². The van der Waals surface area contributed by atoms with Gasteiger partial charge < -0.3 is 9.80 Å². The van der Waals surface area contributed by atoms with Gasteiger partial charge in [-0.1, -0.05) is 19.3 Å². The standard InChI is InChI=1S/C24H33N5O/c1-28(2)22-15-21(26-24(27-22)19-10-6-12-25-16-19)20-11-7-13-29(17-20)23(30)14-18-8-4-3-5-9-18/h6,10,12,15-16,18,20H,3-5,7-9,11,13-14,17H2,1-2H3/t20-/m0/s1. The van der Waals surface area contributed by atoms with Gasteiger partial charge in [-0.15, -0.1) is 0 Å². The lowest BCUT2D eigenvalue weighted by atomic mass is 9.86. The van der Waals surface area contributed by atoms with Crippen molar-refractivity contribution in [2.45, 2.75) is 57.3 Å². The number of nitrogens with zero attached hydrogens (tertiary/aromatic N) is 5. The van der Waals surface area contributed by atoms with Gasteiger partial charge in [-0.2, -0.15) is 0 Å². The van der Waals surface area contributed by atoms with Crippen LogP contribution in [0.25, 0.3) is 11.4 Å². The molecule has 0 N–H and O–H groups in total. The molecule has 2 aliphatic rings. The maximum absolute atomic E-state index is 13.0. The third kappa shape index (κ3) is 4.97. The van der Waals surface area contributed by atoms with Crippen LogP contribution in [0.1, 0.15) is 63.0 Å². The molecule has 0 spiro atoms. The van der Waals surface area contributed by atoms with Crippen LogP contribution in [0.2, 0.25) is 0 Å². The Morgan fingerprint density at radius 1 is 1.13 bits per heavy atom. The van der Waals surface area contributed by atoms with Crippen LogP contribution in [-0.4, -0.2) is 52.9 Å². The van der Waals surface area contributed by atoms with Crippen molar-refractivity contribution in [1.82, 2.24) is 19.9 Å². The largest absolute Gasteiger partial charge is 0.363 e. The zero-order valence-electron chi connectivity index (χ0n) is 18.3. The van der Waals surface area contributed by atoms with E-state index in [0.717, 1.165) is 49.4 Å². The molecule has 1 aliphatic carbocycles. The Morgan fingerprint density at radius 3 is 2.70 bits per heavy atom. The maximum atomic E-state index is 13.0. The molecule has 2 aromatic heterocycles. The second-order valence-electron chi connectivity index (χ2n) is 9.00. The van der Waals surface area contributed by atoms with E-state index in [4.69, 9.17) is 9.97 Å². The number of aromatic nitrogens is 3. The number of likely N-dealkylation sites (tertiary alicyclic amines) is 1. The smallest absolute Gasteiger partial charge is 0.222 e. The van der Waals surface area contributed by atoms with Gasteiger partial charge in [0.15, 0.2) is 5.82 Å². The highest BCUT2D eigenvalue weighted by Crippen LogP contribution is 2.31. The van der Waals surface area contributed by atoms with E-state index in [1.807, 2.05) is 31.1 Å². The van der Waals surface area contributed by atoms with E-state index >= 15 is 0 Å². The lowest BCUT2D eigenvalue weighted by Gasteiger charge is -2.34. The number of carbonyl (C=O) groups is 1. The van der Waals surface area contributed by atoms with E-state index in [1.165, 1.54) is 32.1 Å². The molecule has 2 fully saturated rings. The van der Waals surface area contributed by atoms with Gasteiger partial charge in [0.2, 0.25) is 5.91 Å². The van der Waals surface area contributed by atoms with Gasteiger partial charge in [0.05, 0.1) is 5.69 Å². The average Bonchev–Trinajstić information content (AvgIpc) is 2.80. The molecule has 30 heavy (non-hydrogen) atoms. The van der Waals surface area contributed by atoms with Crippen LogP contribution in [0.5, 0.6) is 0 Å². The van der Waals surface area contributed by atoms with E-state index in [-0.39, 0.29) is 5.92 Å². The first-order chi connectivity index (χ1) is 14.6. The van der Waals surface area contributed by atoms with E-state index in [2.05, 4.69) is 16.0 Å². The molecular formula is C24H33N5O. The van der Waals surface area contributed by atoms with Crippen molar-refractivity contribution in [2.24, 2.45) is 5.92 Å². The first-order valence-corrected chi connectivity index (χ1v) is 11.3. The minimum absolute atomic E-state index is 0.256. The highest BCUT2D eigenvalue weighted by Gasteiger charge is 2.28. The van der Waals surface area contributed by atoms with Gasteiger partial charge >= 0.3 is 0 Å². The normalized spacial score (nSPS) is 20.2. The molecule has 3 heterocycles. The molecule has 6 nitrogen and oxygen atoms in total. The molecule has 1 saturated carbocycles. The van der Waals surface area contributed by atoms with Crippen LogP contribution in [0.3, 0.4) is 0 Å². The minimum atomic E-state index is 0.256. The molecule has 0 aromatic carbocycles. The molecule has 0 radical (unpaired) electrons. The number of hydrogen-bond donors (Lipinski definition) is 0. The van der Waals surface area contributed by atoms with Crippen molar-refractivity contribution >= 4 is 11.7 Å². The predicted octanol–water partition coefficient (Wildman–Crippen LogP) is 4.28. The fourth-order valence-corrected chi connectivity index (χ4v) is 4.73. The average molecular weight is 408 g/mol. The molecule has 160 valence electrons. The fourth-order valence-electron chi connectivity index (χ4n) is 4.73. The molecule has 4 rings (SSSR count). The van der Waals surface area contributed by atoms with Gasteiger partial charge in [0, 0.05) is 63.5 Å². The van der Waals surface area contributed by atoms with Crippen LogP contribution >= 0.6 is 0 Å². The lowest BCUT2D eigenvalue weighted by molar-refractivity contribution is -0.133. The molecule has 2 aromatic rings. The van der Waals surface area contributed by atoms with Crippen molar-refractivity contribution < 1.29 is 4.79 Å². The van der Waals surface area contributed by atoms with Crippen molar-refractivity contribution in [3.05, 3.63) is 36.3 Å². The highest BCUT2D eigenvalue weighted by atomic mass is 16.2. The Balaban J connectivity index is 1.52. The Hall–Kier alpha value is -2.50. The van der Waals surface area contributed by atoms with Gasteiger partial charge in [0.1, 0.15) is 5.82 Å². The number of rotatable bonds is 5. The molecular weight excluding hydrogens is 374 g/mol. The first-order valence-electron chi connectivity index (χ1n) is 11.3. The number of amides is 1. The molecule has 6 heteroatoms. The Bertz CT molecular complexity index is 848. The summed E-state index contributed by atoms with van der Waals surface area (Å²) in [5, 5.41) is 0. The highest BCUT2D eigenvalue weighted by molar-refractivity contribution is 5.76.